The normalized spacial score (nSPS) is 10.7. The average Bonchev–Trinajstić information content (AvgIpc) is 2.74. The summed E-state index contributed by atoms with van der Waals surface area (Å²) in [5, 5.41) is 1.06. The van der Waals surface area contributed by atoms with E-state index >= 15 is 0 Å². The largest absolute Gasteiger partial charge is 0.466 e. The first-order chi connectivity index (χ1) is 14.0. The van der Waals surface area contributed by atoms with Gasteiger partial charge in [-0.1, -0.05) is 59.1 Å². The zero-order valence-corrected chi connectivity index (χ0v) is 18.9. The van der Waals surface area contributed by atoms with Crippen LogP contribution in [0.1, 0.15) is 72.8 Å². The maximum Gasteiger partial charge on any atom is 0.302 e. The number of carbonyl (C=O) groups is 2. The molecule has 1 aromatic heterocycles. The van der Waals surface area contributed by atoms with Crippen molar-refractivity contribution in [3.8, 4) is 0 Å². The van der Waals surface area contributed by atoms with Crippen molar-refractivity contribution >= 4 is 22.8 Å². The van der Waals surface area contributed by atoms with E-state index in [4.69, 9.17) is 9.47 Å². The van der Waals surface area contributed by atoms with Gasteiger partial charge in [0.2, 0.25) is 0 Å². The first-order valence-electron chi connectivity index (χ1n) is 10.6. The highest BCUT2D eigenvalue weighted by molar-refractivity contribution is 5.79. The fourth-order valence-corrected chi connectivity index (χ4v) is 2.53. The first kappa shape index (κ1) is 26.6. The number of unbranched alkanes of at least 4 members (excludes halogenated alkanes) is 1. The molecule has 0 fully saturated rings. The molecule has 2 rings (SSSR count). The molecule has 0 aliphatic carbocycles. The first-order valence-corrected chi connectivity index (χ1v) is 10.6. The fourth-order valence-electron chi connectivity index (χ4n) is 2.53. The fraction of sp³-hybridized carbons (Fsp3) is 0.542. The van der Waals surface area contributed by atoms with Gasteiger partial charge in [0, 0.05) is 25.4 Å². The molecule has 5 heteroatoms. The molecule has 0 bridgehead atoms. The van der Waals surface area contributed by atoms with Crippen molar-refractivity contribution in [2.24, 2.45) is 5.92 Å². The third-order valence-electron chi connectivity index (χ3n) is 4.18. The van der Waals surface area contributed by atoms with E-state index in [0.717, 1.165) is 22.9 Å². The Bertz CT molecular complexity index is 715. The summed E-state index contributed by atoms with van der Waals surface area (Å²) >= 11 is 0. The molecule has 29 heavy (non-hydrogen) atoms. The van der Waals surface area contributed by atoms with Crippen LogP contribution in [0.4, 0.5) is 0 Å². The van der Waals surface area contributed by atoms with Gasteiger partial charge >= 0.3 is 11.9 Å². The van der Waals surface area contributed by atoms with Gasteiger partial charge in [-0.15, -0.1) is 0 Å². The van der Waals surface area contributed by atoms with Crippen molar-refractivity contribution in [2.75, 3.05) is 6.61 Å². The van der Waals surface area contributed by atoms with E-state index < -0.39 is 0 Å². The number of carbonyl (C=O) groups excluding carboxylic acids is 2. The van der Waals surface area contributed by atoms with Crippen LogP contribution < -0.4 is 0 Å². The minimum absolute atomic E-state index is 0.162. The van der Waals surface area contributed by atoms with Crippen molar-refractivity contribution in [3.05, 3.63) is 42.1 Å². The van der Waals surface area contributed by atoms with Crippen molar-refractivity contribution in [2.45, 2.75) is 73.8 Å². The highest BCUT2D eigenvalue weighted by Gasteiger charge is 2.06. The Morgan fingerprint density at radius 2 is 1.72 bits per heavy atom. The minimum Gasteiger partial charge on any atom is -0.466 e. The van der Waals surface area contributed by atoms with Crippen molar-refractivity contribution < 1.29 is 19.1 Å². The number of esters is 2. The molecule has 1 heterocycles. The van der Waals surface area contributed by atoms with Crippen LogP contribution in [-0.4, -0.2) is 23.5 Å². The molecule has 1 atom stereocenters. The summed E-state index contributed by atoms with van der Waals surface area (Å²) in [6.45, 7) is 12.1. The van der Waals surface area contributed by atoms with Crippen LogP contribution in [0.3, 0.4) is 0 Å². The second-order valence-corrected chi connectivity index (χ2v) is 6.53. The van der Waals surface area contributed by atoms with E-state index in [2.05, 4.69) is 18.8 Å². The lowest BCUT2D eigenvalue weighted by Crippen LogP contribution is -2.11. The van der Waals surface area contributed by atoms with Gasteiger partial charge in [0.05, 0.1) is 12.1 Å². The molecule has 5 nitrogen and oxygen atoms in total. The zero-order chi connectivity index (χ0) is 22.1. The van der Waals surface area contributed by atoms with E-state index in [1.807, 2.05) is 44.2 Å². The molecule has 0 saturated heterocycles. The second-order valence-electron chi connectivity index (χ2n) is 6.53. The van der Waals surface area contributed by atoms with Crippen LogP contribution in [-0.2, 0) is 25.7 Å². The SMILES string of the molecule is CC.CC(=O)OCc1ccc2ncccc2c1.CCCCC(CC)COC(C)=O. The van der Waals surface area contributed by atoms with Gasteiger partial charge in [0.15, 0.2) is 0 Å². The molecule has 0 N–H and O–H groups in total. The zero-order valence-electron chi connectivity index (χ0n) is 18.9. The predicted octanol–water partition coefficient (Wildman–Crippen LogP) is 6.09. The molecule has 1 unspecified atom stereocenters. The van der Waals surface area contributed by atoms with E-state index in [-0.39, 0.29) is 11.9 Å². The van der Waals surface area contributed by atoms with Crippen molar-refractivity contribution in [1.82, 2.24) is 4.98 Å². The maximum atomic E-state index is 10.6. The number of hydrogen-bond acceptors (Lipinski definition) is 5. The standard InChI is InChI=1S/C12H11NO2.C10H20O2.C2H6/c1-9(14)15-8-10-4-5-12-11(7-10)3-2-6-13-12;1-4-6-7-10(5-2)8-12-9(3)11;1-2/h2-7H,8H2,1H3;10H,4-8H2,1-3H3;1-2H3. The van der Waals surface area contributed by atoms with Crippen LogP contribution in [0.2, 0.25) is 0 Å². The Hall–Kier alpha value is -2.43. The number of aromatic nitrogens is 1. The monoisotopic (exact) mass is 403 g/mol. The van der Waals surface area contributed by atoms with E-state index in [0.29, 0.717) is 19.1 Å². The smallest absolute Gasteiger partial charge is 0.302 e. The maximum absolute atomic E-state index is 10.6. The number of benzene rings is 1. The Morgan fingerprint density at radius 1 is 1.03 bits per heavy atom. The molecule has 0 aliphatic heterocycles. The molecular formula is C24H37NO4. The van der Waals surface area contributed by atoms with E-state index in [9.17, 15) is 9.59 Å². The number of hydrogen-bond donors (Lipinski definition) is 0. The lowest BCUT2D eigenvalue weighted by molar-refractivity contribution is -0.143. The molecule has 0 amide bonds. The summed E-state index contributed by atoms with van der Waals surface area (Å²) < 4.78 is 9.87. The van der Waals surface area contributed by atoms with Crippen LogP contribution in [0.15, 0.2) is 36.5 Å². The van der Waals surface area contributed by atoms with Gasteiger partial charge < -0.3 is 9.47 Å². The number of ether oxygens (including phenoxy) is 2. The topological polar surface area (TPSA) is 65.5 Å². The van der Waals surface area contributed by atoms with E-state index in [1.54, 1.807) is 6.20 Å². The second kappa shape index (κ2) is 16.5. The van der Waals surface area contributed by atoms with Gasteiger partial charge in [0.25, 0.3) is 0 Å². The summed E-state index contributed by atoms with van der Waals surface area (Å²) in [4.78, 5) is 25.4. The van der Waals surface area contributed by atoms with Crippen LogP contribution >= 0.6 is 0 Å². The number of rotatable bonds is 8. The van der Waals surface area contributed by atoms with Gasteiger partial charge in [0.1, 0.15) is 6.61 Å². The predicted molar refractivity (Wildman–Crippen MR) is 119 cm³/mol. The van der Waals surface area contributed by atoms with Crippen LogP contribution in [0.25, 0.3) is 10.9 Å². The highest BCUT2D eigenvalue weighted by atomic mass is 16.5. The average molecular weight is 404 g/mol. The summed E-state index contributed by atoms with van der Waals surface area (Å²) in [6.07, 6.45) is 6.50. The Balaban J connectivity index is 0.000000512. The molecule has 162 valence electrons. The lowest BCUT2D eigenvalue weighted by Gasteiger charge is -2.13. The Kier molecular flexibility index (Phi) is 15.1. The number of pyridine rings is 1. The van der Waals surface area contributed by atoms with Crippen LogP contribution in [0.5, 0.6) is 0 Å². The van der Waals surface area contributed by atoms with Crippen LogP contribution in [0, 0.1) is 5.92 Å². The number of fused-ring (bicyclic) bond motifs is 1. The summed E-state index contributed by atoms with van der Waals surface area (Å²) in [6, 6.07) is 9.69. The Labute approximate surface area is 175 Å². The lowest BCUT2D eigenvalue weighted by atomic mass is 10.0. The van der Waals surface area contributed by atoms with Gasteiger partial charge in [-0.05, 0) is 36.1 Å². The summed E-state index contributed by atoms with van der Waals surface area (Å²) in [5.41, 5.74) is 1.93. The van der Waals surface area contributed by atoms with Crippen molar-refractivity contribution in [3.63, 3.8) is 0 Å². The Morgan fingerprint density at radius 3 is 2.31 bits per heavy atom. The van der Waals surface area contributed by atoms with Gasteiger partial charge in [-0.25, -0.2) is 0 Å². The van der Waals surface area contributed by atoms with Gasteiger partial charge in [-0.2, -0.15) is 0 Å². The summed E-state index contributed by atoms with van der Waals surface area (Å²) in [5.74, 6) is 0.139. The highest BCUT2D eigenvalue weighted by Crippen LogP contribution is 2.14. The molecule has 0 spiro atoms. The molecule has 0 saturated carbocycles. The van der Waals surface area contributed by atoms with Crippen molar-refractivity contribution in [1.29, 1.82) is 0 Å². The molecule has 0 aliphatic rings. The quantitative estimate of drug-likeness (QED) is 0.499. The third-order valence-corrected chi connectivity index (χ3v) is 4.18. The van der Waals surface area contributed by atoms with E-state index in [1.165, 1.54) is 33.1 Å². The minimum atomic E-state index is -0.263. The summed E-state index contributed by atoms with van der Waals surface area (Å²) in [7, 11) is 0. The molecule has 2 aromatic rings. The van der Waals surface area contributed by atoms with Gasteiger partial charge in [-0.3, -0.25) is 14.6 Å². The molecular weight excluding hydrogens is 366 g/mol. The molecule has 1 aromatic carbocycles. The number of nitrogens with zero attached hydrogens (tertiary/aromatic N) is 1. The third kappa shape index (κ3) is 12.6. The molecule has 0 radical (unpaired) electrons.